The molecule has 2 fully saturated rings. The molecule has 70 heavy (non-hydrogen) atoms. The molecule has 0 aliphatic carbocycles. The first-order valence-corrected chi connectivity index (χ1v) is 26.9. The molecule has 3 aliphatic rings. The van der Waals surface area contributed by atoms with Gasteiger partial charge < -0.3 is 40.0 Å². The molecule has 12 unspecified atom stereocenters. The number of fused-ring (bicyclic) bond motifs is 1. The molecule has 0 radical (unpaired) electrons. The molecule has 12 atom stereocenters. The van der Waals surface area contributed by atoms with Gasteiger partial charge in [-0.15, -0.1) is 22.7 Å². The zero-order valence-corrected chi connectivity index (χ0v) is 45.3. The lowest BCUT2D eigenvalue weighted by Gasteiger charge is -2.36. The highest BCUT2D eigenvalue weighted by Gasteiger charge is 2.53. The maximum Gasteiger partial charge on any atom is 0.309 e. The molecule has 0 aromatic carbocycles. The monoisotopic (exact) mass is 1010 g/mol. The molecule has 5 rings (SSSR count). The average molecular weight is 1010 g/mol. The fourth-order valence-electron chi connectivity index (χ4n) is 9.98. The number of rotatable bonds is 8. The summed E-state index contributed by atoms with van der Waals surface area (Å²) in [6, 6.07) is 0. The first kappa shape index (κ1) is 57.4. The summed E-state index contributed by atoms with van der Waals surface area (Å²) < 4.78 is 25.0. The number of ketones is 2. The number of cyclic esters (lactones) is 2. The Morgan fingerprint density at radius 2 is 1.31 bits per heavy atom. The number of ether oxygens (including phenoxy) is 4. The summed E-state index contributed by atoms with van der Waals surface area (Å²) in [5.41, 5.74) is 6.83. The first-order valence-electron chi connectivity index (χ1n) is 25.2. The van der Waals surface area contributed by atoms with E-state index < -0.39 is 76.8 Å². The molecule has 5 heterocycles. The number of thiazole rings is 2. The third-order valence-electron chi connectivity index (χ3n) is 15.4. The van der Waals surface area contributed by atoms with E-state index in [4.69, 9.17) is 29.7 Å². The van der Waals surface area contributed by atoms with Gasteiger partial charge >= 0.3 is 11.9 Å². The SMILES string of the molecule is CC1=CCC(C(C)=Cc2csc(COC3C(C)CCCC4(C)OC4CC(C(C)=Cc4csc(CN)n4)OC(=O)CC(O)C(C)(C)C(=O)C3C)n2)OC(=O)CC(O)C(C)(C)C(=O)C(C)C(O)C(C)CCC1. The molecule has 390 valence electrons. The molecule has 0 amide bonds. The lowest BCUT2D eigenvalue weighted by atomic mass is 9.72. The minimum absolute atomic E-state index is 0.0583. The number of epoxide rings is 1. The standard InChI is InChI=1S/C54H81N3O11S2/c1-30-15-13-16-31(2)48(62)35(6)50(63)52(8,9)41(58)24-46(60)66-39(19-18-30)33(4)21-38-29-70-45(57-38)27-65-49-32(3)17-14-20-54(12)43(68-54)23-40(34(5)22-37-28-69-44(26-55)56-37)67-47(61)25-42(59)53(10,11)51(64)36(49)7/h18,21-22,28-29,31-32,35-36,39-43,48-49,58-59,62H,13-17,19-20,23-27,55H2,1-12H3. The van der Waals surface area contributed by atoms with Gasteiger partial charge in [-0.05, 0) is 94.9 Å². The van der Waals surface area contributed by atoms with E-state index in [9.17, 15) is 34.5 Å². The number of aliphatic hydroxyl groups is 3. The van der Waals surface area contributed by atoms with Crippen LogP contribution in [-0.2, 0) is 51.3 Å². The van der Waals surface area contributed by atoms with Crippen molar-refractivity contribution in [2.75, 3.05) is 0 Å². The second-order valence-electron chi connectivity index (χ2n) is 21.9. The van der Waals surface area contributed by atoms with Gasteiger partial charge in [0.15, 0.2) is 0 Å². The molecule has 2 aromatic heterocycles. The van der Waals surface area contributed by atoms with Crippen LogP contribution in [0, 0.1) is 34.5 Å². The van der Waals surface area contributed by atoms with Gasteiger partial charge in [-0.1, -0.05) is 73.5 Å². The van der Waals surface area contributed by atoms with Gasteiger partial charge in [0.1, 0.15) is 33.8 Å². The average Bonchev–Trinajstić information content (AvgIpc) is 3.57. The van der Waals surface area contributed by atoms with E-state index in [1.165, 1.54) is 22.7 Å². The Morgan fingerprint density at radius 1 is 0.786 bits per heavy atom. The summed E-state index contributed by atoms with van der Waals surface area (Å²) in [7, 11) is 0. The lowest BCUT2D eigenvalue weighted by Crippen LogP contribution is -2.46. The molecule has 14 nitrogen and oxygen atoms in total. The number of aromatic nitrogens is 2. The van der Waals surface area contributed by atoms with Crippen LogP contribution in [0.4, 0.5) is 0 Å². The molecule has 5 N–H and O–H groups in total. The number of aliphatic hydroxyl groups excluding tert-OH is 3. The van der Waals surface area contributed by atoms with Crippen molar-refractivity contribution in [1.29, 1.82) is 0 Å². The Balaban J connectivity index is 1.31. The van der Waals surface area contributed by atoms with E-state index in [1.807, 2.05) is 57.5 Å². The fraction of sp³-hybridized carbons (Fsp3) is 0.704. The predicted octanol–water partition coefficient (Wildman–Crippen LogP) is 9.12. The summed E-state index contributed by atoms with van der Waals surface area (Å²) >= 11 is 2.88. The quantitative estimate of drug-likeness (QED) is 0.110. The van der Waals surface area contributed by atoms with Crippen molar-refractivity contribution in [3.05, 3.63) is 55.0 Å². The van der Waals surface area contributed by atoms with E-state index >= 15 is 0 Å². The Bertz CT molecular complexity index is 2230. The molecule has 0 spiro atoms. The molecule has 2 aromatic rings. The van der Waals surface area contributed by atoms with Crippen LogP contribution in [0.15, 0.2) is 33.6 Å². The van der Waals surface area contributed by atoms with Crippen LogP contribution in [0.2, 0.25) is 0 Å². The van der Waals surface area contributed by atoms with Crippen molar-refractivity contribution in [2.45, 2.75) is 209 Å². The first-order chi connectivity index (χ1) is 32.8. The molecule has 0 bridgehead atoms. The number of carbonyl (C=O) groups is 4. The fourth-order valence-corrected chi connectivity index (χ4v) is 11.3. The van der Waals surface area contributed by atoms with Crippen LogP contribution >= 0.6 is 22.7 Å². The van der Waals surface area contributed by atoms with E-state index in [1.54, 1.807) is 34.6 Å². The second kappa shape index (κ2) is 24.5. The van der Waals surface area contributed by atoms with Crippen molar-refractivity contribution >= 4 is 58.3 Å². The van der Waals surface area contributed by atoms with Gasteiger partial charge in [0, 0.05) is 42.0 Å². The zero-order valence-electron chi connectivity index (χ0n) is 43.6. The summed E-state index contributed by atoms with van der Waals surface area (Å²) in [5, 5.41) is 39.1. The van der Waals surface area contributed by atoms with Crippen molar-refractivity contribution in [3.8, 4) is 0 Å². The number of hydrogen-bond acceptors (Lipinski definition) is 16. The van der Waals surface area contributed by atoms with Crippen LogP contribution in [0.25, 0.3) is 12.2 Å². The topological polar surface area (TPSA) is 221 Å². The maximum absolute atomic E-state index is 14.4. The van der Waals surface area contributed by atoms with E-state index in [0.29, 0.717) is 30.1 Å². The van der Waals surface area contributed by atoms with Crippen molar-refractivity contribution in [2.24, 2.45) is 40.2 Å². The number of allylic oxidation sites excluding steroid dienone is 1. The number of esters is 2. The highest BCUT2D eigenvalue weighted by Crippen LogP contribution is 2.45. The molecule has 16 heteroatoms. The van der Waals surface area contributed by atoms with Gasteiger partial charge in [0.2, 0.25) is 0 Å². The number of nitrogens with two attached hydrogens (primary N) is 1. The summed E-state index contributed by atoms with van der Waals surface area (Å²) in [5.74, 6) is -3.31. The Kier molecular flexibility index (Phi) is 20.1. The third-order valence-corrected chi connectivity index (χ3v) is 17.1. The van der Waals surface area contributed by atoms with Crippen molar-refractivity contribution in [1.82, 2.24) is 9.97 Å². The Hall–Kier alpha value is -3.48. The number of hydrogen-bond donors (Lipinski definition) is 4. The van der Waals surface area contributed by atoms with Gasteiger partial charge in [0.05, 0.1) is 77.8 Å². The van der Waals surface area contributed by atoms with Crippen molar-refractivity contribution in [3.63, 3.8) is 0 Å². The van der Waals surface area contributed by atoms with Crippen LogP contribution in [0.1, 0.15) is 169 Å². The molecule has 0 saturated carbocycles. The summed E-state index contributed by atoms with van der Waals surface area (Å²) in [4.78, 5) is 64.4. The zero-order chi connectivity index (χ0) is 51.9. The van der Waals surface area contributed by atoms with Crippen LogP contribution in [0.5, 0.6) is 0 Å². The van der Waals surface area contributed by atoms with Gasteiger partial charge in [0.25, 0.3) is 0 Å². The minimum atomic E-state index is -1.32. The van der Waals surface area contributed by atoms with Gasteiger partial charge in [-0.2, -0.15) is 0 Å². The van der Waals surface area contributed by atoms with Crippen molar-refractivity contribution < 1.29 is 53.4 Å². The second-order valence-corrected chi connectivity index (χ2v) is 23.8. The number of carbonyl (C=O) groups excluding carboxylic acids is 4. The maximum atomic E-state index is 14.4. The van der Waals surface area contributed by atoms with E-state index in [-0.39, 0.29) is 49.0 Å². The minimum Gasteiger partial charge on any atom is -0.458 e. The molecule has 2 saturated heterocycles. The molecular formula is C54H81N3O11S2. The van der Waals surface area contributed by atoms with Gasteiger partial charge in [-0.25, -0.2) is 9.97 Å². The lowest BCUT2D eigenvalue weighted by molar-refractivity contribution is -0.156. The summed E-state index contributed by atoms with van der Waals surface area (Å²) in [6.45, 7) is 22.4. The Morgan fingerprint density at radius 3 is 1.90 bits per heavy atom. The van der Waals surface area contributed by atoms with Crippen LogP contribution in [0.3, 0.4) is 0 Å². The predicted molar refractivity (Wildman–Crippen MR) is 273 cm³/mol. The van der Waals surface area contributed by atoms with Gasteiger partial charge in [-0.3, -0.25) is 19.2 Å². The highest BCUT2D eigenvalue weighted by atomic mass is 32.1. The molecular weight excluding hydrogens is 931 g/mol. The molecule has 3 aliphatic heterocycles. The third kappa shape index (κ3) is 14.8. The van der Waals surface area contributed by atoms with E-state index in [2.05, 4.69) is 24.9 Å². The number of nitrogens with zero attached hydrogens (tertiary/aromatic N) is 2. The number of Topliss-reactive ketones (excluding diaryl/α,β-unsaturated/α-hetero) is 2. The smallest absolute Gasteiger partial charge is 0.309 e. The van der Waals surface area contributed by atoms with Crippen LogP contribution < -0.4 is 5.73 Å². The normalized spacial score (nSPS) is 34.0. The summed E-state index contributed by atoms with van der Waals surface area (Å²) in [6.07, 6.45) is 5.15. The Labute approximate surface area is 423 Å². The van der Waals surface area contributed by atoms with E-state index in [0.717, 1.165) is 65.9 Å². The highest BCUT2D eigenvalue weighted by molar-refractivity contribution is 7.10. The largest absolute Gasteiger partial charge is 0.458 e. The van der Waals surface area contributed by atoms with Crippen LogP contribution in [-0.4, -0.2) is 97.1 Å².